The number of pyridine rings is 1. The van der Waals surface area contributed by atoms with Gasteiger partial charge in [0.1, 0.15) is 17.2 Å². The van der Waals surface area contributed by atoms with Crippen LogP contribution in [-0.4, -0.2) is 29.9 Å². The van der Waals surface area contributed by atoms with Gasteiger partial charge in [0, 0.05) is 24.0 Å². The van der Waals surface area contributed by atoms with Gasteiger partial charge in [-0.1, -0.05) is 30.3 Å². The maximum atomic E-state index is 12.2. The van der Waals surface area contributed by atoms with Crippen molar-refractivity contribution in [1.82, 2.24) is 24.0 Å². The summed E-state index contributed by atoms with van der Waals surface area (Å²) in [4.78, 5) is 21.4. The second-order valence-electron chi connectivity index (χ2n) is 6.23. The van der Waals surface area contributed by atoms with Crippen molar-refractivity contribution in [3.63, 3.8) is 0 Å². The van der Waals surface area contributed by atoms with E-state index < -0.39 is 5.91 Å². The van der Waals surface area contributed by atoms with Gasteiger partial charge >= 0.3 is 0 Å². The predicted octanol–water partition coefficient (Wildman–Crippen LogP) is 2.89. The summed E-state index contributed by atoms with van der Waals surface area (Å²) in [5, 5.41) is 7.42. The number of primary amides is 1. The number of carbonyl (C=O) groups excluding carboxylic acids is 1. The number of anilines is 2. The highest BCUT2D eigenvalue weighted by Crippen LogP contribution is 2.28. The number of rotatable bonds is 4. The number of fused-ring (bicyclic) bond motifs is 2. The first-order chi connectivity index (χ1) is 13.7. The van der Waals surface area contributed by atoms with Crippen LogP contribution in [0.2, 0.25) is 0 Å². The van der Waals surface area contributed by atoms with Gasteiger partial charge < -0.3 is 11.1 Å². The van der Waals surface area contributed by atoms with Crippen LogP contribution in [0.15, 0.2) is 73.2 Å². The molecule has 3 N–H and O–H groups in total. The van der Waals surface area contributed by atoms with Crippen LogP contribution in [0.25, 0.3) is 22.6 Å². The lowest BCUT2D eigenvalue weighted by Gasteiger charge is -2.07. The molecular weight excluding hydrogens is 354 g/mol. The Bertz CT molecular complexity index is 1320. The number of hydrogen-bond acceptors (Lipinski definition) is 5. The van der Waals surface area contributed by atoms with Gasteiger partial charge in [0.05, 0.1) is 11.9 Å². The number of nitrogens with zero attached hydrogens (tertiary/aromatic N) is 5. The van der Waals surface area contributed by atoms with Crippen molar-refractivity contribution in [3.8, 4) is 11.3 Å². The van der Waals surface area contributed by atoms with Crippen LogP contribution in [-0.2, 0) is 0 Å². The number of hydrogen-bond donors (Lipinski definition) is 2. The highest BCUT2D eigenvalue weighted by Gasteiger charge is 2.20. The van der Waals surface area contributed by atoms with Gasteiger partial charge in [-0.2, -0.15) is 5.10 Å². The second kappa shape index (κ2) is 6.20. The summed E-state index contributed by atoms with van der Waals surface area (Å²) in [5.41, 5.74) is 9.40. The van der Waals surface area contributed by atoms with Gasteiger partial charge in [0.25, 0.3) is 5.91 Å². The molecular formula is C20H15N7O. The van der Waals surface area contributed by atoms with Gasteiger partial charge in [-0.05, 0) is 18.2 Å². The number of amides is 1. The number of carbonyl (C=O) groups is 1. The average Bonchev–Trinajstić information content (AvgIpc) is 3.33. The summed E-state index contributed by atoms with van der Waals surface area (Å²) in [7, 11) is 0. The van der Waals surface area contributed by atoms with Crippen LogP contribution in [0.1, 0.15) is 10.5 Å². The van der Waals surface area contributed by atoms with Crippen molar-refractivity contribution < 1.29 is 4.79 Å². The normalized spacial score (nSPS) is 11.1. The summed E-state index contributed by atoms with van der Waals surface area (Å²) in [6, 6.07) is 16.8. The standard InChI is InChI=1S/C20H15N7O/c21-19(28)18-17(13-5-2-1-3-6-13)25-20-14(7-4-11-26(18)20)23-15-9-12-27-16(24-15)8-10-22-27/h1-12H,(H2,21,28)(H,23,24). The molecule has 4 aromatic heterocycles. The smallest absolute Gasteiger partial charge is 0.268 e. The summed E-state index contributed by atoms with van der Waals surface area (Å²) in [6.45, 7) is 0. The molecule has 8 heteroatoms. The quantitative estimate of drug-likeness (QED) is 0.507. The fourth-order valence-electron chi connectivity index (χ4n) is 3.22. The van der Waals surface area contributed by atoms with E-state index in [9.17, 15) is 4.79 Å². The highest BCUT2D eigenvalue weighted by molar-refractivity contribution is 5.99. The Morgan fingerprint density at radius 2 is 1.82 bits per heavy atom. The molecule has 0 saturated heterocycles. The topological polar surface area (TPSA) is 103 Å². The molecule has 0 saturated carbocycles. The molecule has 5 aromatic rings. The lowest BCUT2D eigenvalue weighted by Crippen LogP contribution is -2.15. The Morgan fingerprint density at radius 3 is 2.64 bits per heavy atom. The second-order valence-corrected chi connectivity index (χ2v) is 6.23. The number of aromatic nitrogens is 5. The summed E-state index contributed by atoms with van der Waals surface area (Å²) >= 11 is 0. The molecule has 1 aromatic carbocycles. The number of benzene rings is 1. The molecule has 0 spiro atoms. The third-order valence-electron chi connectivity index (χ3n) is 4.45. The van der Waals surface area contributed by atoms with E-state index in [0.717, 1.165) is 11.2 Å². The molecule has 0 aliphatic carbocycles. The van der Waals surface area contributed by atoms with Crippen LogP contribution >= 0.6 is 0 Å². The van der Waals surface area contributed by atoms with Crippen LogP contribution in [0.4, 0.5) is 11.5 Å². The fourth-order valence-corrected chi connectivity index (χ4v) is 3.22. The molecule has 4 heterocycles. The largest absolute Gasteiger partial charge is 0.364 e. The Balaban J connectivity index is 1.66. The Hall–Kier alpha value is -4.20. The first-order valence-corrected chi connectivity index (χ1v) is 8.64. The summed E-state index contributed by atoms with van der Waals surface area (Å²) in [6.07, 6.45) is 5.28. The van der Waals surface area contributed by atoms with E-state index in [1.807, 2.05) is 60.8 Å². The van der Waals surface area contributed by atoms with E-state index >= 15 is 0 Å². The van der Waals surface area contributed by atoms with Crippen LogP contribution in [0.3, 0.4) is 0 Å². The highest BCUT2D eigenvalue weighted by atomic mass is 16.1. The predicted molar refractivity (Wildman–Crippen MR) is 105 cm³/mol. The monoisotopic (exact) mass is 369 g/mol. The molecule has 0 unspecified atom stereocenters. The Labute approximate surface area is 159 Å². The van der Waals surface area contributed by atoms with Gasteiger partial charge in [0.2, 0.25) is 0 Å². The lowest BCUT2D eigenvalue weighted by molar-refractivity contribution is 0.0995. The molecule has 0 radical (unpaired) electrons. The van der Waals surface area contributed by atoms with Gasteiger partial charge in [-0.25, -0.2) is 14.5 Å². The minimum absolute atomic E-state index is 0.337. The molecule has 0 atom stereocenters. The number of nitrogens with one attached hydrogen (secondary N) is 1. The van der Waals surface area contributed by atoms with E-state index in [1.165, 1.54) is 0 Å². The maximum absolute atomic E-state index is 12.2. The first kappa shape index (κ1) is 16.0. The molecule has 1 amide bonds. The molecule has 8 nitrogen and oxygen atoms in total. The summed E-state index contributed by atoms with van der Waals surface area (Å²) < 4.78 is 3.38. The first-order valence-electron chi connectivity index (χ1n) is 8.64. The van der Waals surface area contributed by atoms with Crippen LogP contribution in [0, 0.1) is 0 Å². The molecule has 5 rings (SSSR count). The van der Waals surface area contributed by atoms with Gasteiger partial charge in [-0.3, -0.25) is 9.20 Å². The van der Waals surface area contributed by atoms with Gasteiger partial charge in [0.15, 0.2) is 11.3 Å². The van der Waals surface area contributed by atoms with Crippen LogP contribution in [0.5, 0.6) is 0 Å². The molecule has 136 valence electrons. The average molecular weight is 369 g/mol. The van der Waals surface area contributed by atoms with Gasteiger partial charge in [-0.15, -0.1) is 0 Å². The fraction of sp³-hybridized carbons (Fsp3) is 0. The number of imidazole rings is 1. The van der Waals surface area contributed by atoms with Crippen molar-refractivity contribution in [2.75, 3.05) is 5.32 Å². The van der Waals surface area contributed by atoms with Crippen molar-refractivity contribution in [2.24, 2.45) is 5.73 Å². The maximum Gasteiger partial charge on any atom is 0.268 e. The van der Waals surface area contributed by atoms with Crippen molar-refractivity contribution in [1.29, 1.82) is 0 Å². The SMILES string of the molecule is NC(=O)c1c(-c2ccccc2)nc2c(Nc3ccn4nccc4n3)cccn12. The molecule has 0 aliphatic heterocycles. The van der Waals surface area contributed by atoms with E-state index in [2.05, 4.69) is 15.4 Å². The van der Waals surface area contributed by atoms with E-state index in [0.29, 0.717) is 28.5 Å². The van der Waals surface area contributed by atoms with Crippen molar-refractivity contribution in [2.45, 2.75) is 0 Å². The minimum atomic E-state index is -0.540. The van der Waals surface area contributed by atoms with Crippen molar-refractivity contribution in [3.05, 3.63) is 78.9 Å². The zero-order chi connectivity index (χ0) is 19.1. The summed E-state index contributed by atoms with van der Waals surface area (Å²) in [5.74, 6) is 0.105. The van der Waals surface area contributed by atoms with E-state index in [4.69, 9.17) is 10.7 Å². The number of nitrogens with two attached hydrogens (primary N) is 1. The Kier molecular flexibility index (Phi) is 3.55. The van der Waals surface area contributed by atoms with Crippen LogP contribution < -0.4 is 11.1 Å². The molecule has 0 bridgehead atoms. The molecule has 0 aliphatic rings. The minimum Gasteiger partial charge on any atom is -0.364 e. The van der Waals surface area contributed by atoms with Crippen molar-refractivity contribution >= 4 is 28.7 Å². The Morgan fingerprint density at radius 1 is 0.964 bits per heavy atom. The lowest BCUT2D eigenvalue weighted by atomic mass is 10.1. The molecule has 28 heavy (non-hydrogen) atoms. The molecule has 0 fully saturated rings. The zero-order valence-electron chi connectivity index (χ0n) is 14.6. The van der Waals surface area contributed by atoms with E-state index in [1.54, 1.807) is 21.3 Å². The third-order valence-corrected chi connectivity index (χ3v) is 4.45. The zero-order valence-corrected chi connectivity index (χ0v) is 14.6. The van der Waals surface area contributed by atoms with E-state index in [-0.39, 0.29) is 0 Å². The third kappa shape index (κ3) is 2.55.